The highest BCUT2D eigenvalue weighted by molar-refractivity contribution is 5.76. The molecule has 13 heavy (non-hydrogen) atoms. The number of carboxylic acids is 1. The molecule has 0 heterocycles. The molecule has 0 spiro atoms. The lowest BCUT2D eigenvalue weighted by molar-refractivity contribution is -0.139. The standard InChI is InChI=1S/C10H13NO2/c1-6(5-11)4-7-8(9(12)13)10(7,2)3/h4,7-8H,1-3H3,(H,12,13)/b6-4+. The van der Waals surface area contributed by atoms with Crippen LogP contribution in [-0.4, -0.2) is 11.1 Å². The van der Waals surface area contributed by atoms with E-state index in [4.69, 9.17) is 10.4 Å². The minimum absolute atomic E-state index is 0.0182. The lowest BCUT2D eigenvalue weighted by Gasteiger charge is -1.96. The second kappa shape index (κ2) is 2.88. The maximum Gasteiger partial charge on any atom is 0.307 e. The molecule has 0 aliphatic heterocycles. The first-order valence-corrected chi connectivity index (χ1v) is 4.22. The molecule has 0 radical (unpaired) electrons. The van der Waals surface area contributed by atoms with Gasteiger partial charge in [-0.3, -0.25) is 4.79 Å². The van der Waals surface area contributed by atoms with Gasteiger partial charge in [-0.2, -0.15) is 5.26 Å². The van der Waals surface area contributed by atoms with E-state index in [9.17, 15) is 4.79 Å². The van der Waals surface area contributed by atoms with Crippen LogP contribution in [0.25, 0.3) is 0 Å². The highest BCUT2D eigenvalue weighted by Gasteiger charge is 2.60. The van der Waals surface area contributed by atoms with Crippen molar-refractivity contribution in [3.05, 3.63) is 11.6 Å². The number of hydrogen-bond donors (Lipinski definition) is 1. The predicted molar refractivity (Wildman–Crippen MR) is 47.8 cm³/mol. The van der Waals surface area contributed by atoms with Crippen molar-refractivity contribution < 1.29 is 9.90 Å². The largest absolute Gasteiger partial charge is 0.481 e. The van der Waals surface area contributed by atoms with Crippen molar-refractivity contribution in [1.29, 1.82) is 5.26 Å². The number of aliphatic carboxylic acids is 1. The van der Waals surface area contributed by atoms with Crippen LogP contribution in [0.4, 0.5) is 0 Å². The van der Waals surface area contributed by atoms with Crippen LogP contribution in [0, 0.1) is 28.6 Å². The van der Waals surface area contributed by atoms with E-state index in [1.807, 2.05) is 19.9 Å². The third kappa shape index (κ3) is 1.57. The molecule has 1 rings (SSSR count). The first-order chi connectivity index (χ1) is 5.91. The summed E-state index contributed by atoms with van der Waals surface area (Å²) in [5.74, 6) is -1.07. The summed E-state index contributed by atoms with van der Waals surface area (Å²) in [4.78, 5) is 10.7. The SMILES string of the molecule is C/C(C#N)=C\C1C(C(=O)O)C1(C)C. The molecule has 2 unspecified atom stereocenters. The van der Waals surface area contributed by atoms with Crippen molar-refractivity contribution in [2.45, 2.75) is 20.8 Å². The molecule has 3 nitrogen and oxygen atoms in total. The van der Waals surface area contributed by atoms with E-state index in [2.05, 4.69) is 0 Å². The van der Waals surface area contributed by atoms with Gasteiger partial charge in [-0.25, -0.2) is 0 Å². The molecule has 3 heteroatoms. The van der Waals surface area contributed by atoms with Gasteiger partial charge in [0.05, 0.1) is 12.0 Å². The van der Waals surface area contributed by atoms with Crippen LogP contribution < -0.4 is 0 Å². The molecule has 0 aromatic heterocycles. The highest BCUT2D eigenvalue weighted by atomic mass is 16.4. The zero-order valence-corrected chi connectivity index (χ0v) is 8.03. The zero-order chi connectivity index (χ0) is 10.2. The molecule has 0 aromatic carbocycles. The lowest BCUT2D eigenvalue weighted by atomic mass is 10.1. The molecule has 70 valence electrons. The van der Waals surface area contributed by atoms with Crippen LogP contribution in [0.15, 0.2) is 11.6 Å². The van der Waals surface area contributed by atoms with E-state index in [0.29, 0.717) is 5.57 Å². The molecular formula is C10H13NO2. The molecule has 0 amide bonds. The minimum Gasteiger partial charge on any atom is -0.481 e. The number of nitrogens with zero attached hydrogens (tertiary/aromatic N) is 1. The maximum absolute atomic E-state index is 10.7. The number of carboxylic acid groups (broad SMARTS) is 1. The number of carbonyl (C=O) groups is 1. The molecule has 1 aliphatic carbocycles. The second-order valence-corrected chi connectivity index (χ2v) is 4.12. The van der Waals surface area contributed by atoms with E-state index in [1.54, 1.807) is 13.0 Å². The molecule has 0 bridgehead atoms. The van der Waals surface area contributed by atoms with Gasteiger partial charge >= 0.3 is 5.97 Å². The average Bonchev–Trinajstić information content (AvgIpc) is 2.53. The van der Waals surface area contributed by atoms with Crippen LogP contribution in [0.2, 0.25) is 0 Å². The highest BCUT2D eigenvalue weighted by Crippen LogP contribution is 2.59. The van der Waals surface area contributed by atoms with E-state index < -0.39 is 5.97 Å². The molecule has 1 fully saturated rings. The third-order valence-corrected chi connectivity index (χ3v) is 2.78. The molecule has 1 N–H and O–H groups in total. The van der Waals surface area contributed by atoms with Gasteiger partial charge in [0.1, 0.15) is 0 Å². The number of hydrogen-bond acceptors (Lipinski definition) is 2. The first-order valence-electron chi connectivity index (χ1n) is 4.22. The fourth-order valence-electron chi connectivity index (χ4n) is 1.77. The van der Waals surface area contributed by atoms with Gasteiger partial charge < -0.3 is 5.11 Å². The Morgan fingerprint density at radius 2 is 2.15 bits per heavy atom. The number of rotatable bonds is 2. The molecule has 1 aliphatic rings. The lowest BCUT2D eigenvalue weighted by Crippen LogP contribution is -2.03. The summed E-state index contributed by atoms with van der Waals surface area (Å²) in [5, 5.41) is 17.4. The predicted octanol–water partition coefficient (Wildman–Crippen LogP) is 1.81. The Balaban J connectivity index is 2.79. The van der Waals surface area contributed by atoms with Crippen molar-refractivity contribution in [2.24, 2.45) is 17.3 Å². The normalized spacial score (nSPS) is 30.8. The summed E-state index contributed by atoms with van der Waals surface area (Å²) >= 11 is 0. The fourth-order valence-corrected chi connectivity index (χ4v) is 1.77. The van der Waals surface area contributed by atoms with Crippen LogP contribution in [0.1, 0.15) is 20.8 Å². The van der Waals surface area contributed by atoms with Gasteiger partial charge in [0.2, 0.25) is 0 Å². The molecule has 0 saturated heterocycles. The minimum atomic E-state index is -0.767. The summed E-state index contributed by atoms with van der Waals surface area (Å²) in [6.07, 6.45) is 1.76. The quantitative estimate of drug-likeness (QED) is 0.657. The van der Waals surface area contributed by atoms with Gasteiger partial charge in [-0.05, 0) is 18.3 Å². The molecule has 1 saturated carbocycles. The van der Waals surface area contributed by atoms with Crippen molar-refractivity contribution in [3.63, 3.8) is 0 Å². The summed E-state index contributed by atoms with van der Waals surface area (Å²) in [5.41, 5.74) is 0.408. The van der Waals surface area contributed by atoms with E-state index >= 15 is 0 Å². The van der Waals surface area contributed by atoms with E-state index in [0.717, 1.165) is 0 Å². The van der Waals surface area contributed by atoms with E-state index in [-0.39, 0.29) is 17.3 Å². The molecular weight excluding hydrogens is 166 g/mol. The van der Waals surface area contributed by atoms with Gasteiger partial charge in [0.15, 0.2) is 0 Å². The van der Waals surface area contributed by atoms with Crippen molar-refractivity contribution in [2.75, 3.05) is 0 Å². The van der Waals surface area contributed by atoms with Crippen molar-refractivity contribution in [3.8, 4) is 6.07 Å². The van der Waals surface area contributed by atoms with Crippen molar-refractivity contribution >= 4 is 5.97 Å². The summed E-state index contributed by atoms with van der Waals surface area (Å²) in [6, 6.07) is 2.00. The number of allylic oxidation sites excluding steroid dienone is 2. The van der Waals surface area contributed by atoms with Gasteiger partial charge in [-0.1, -0.05) is 19.9 Å². The van der Waals surface area contributed by atoms with Gasteiger partial charge in [0.25, 0.3) is 0 Å². The third-order valence-electron chi connectivity index (χ3n) is 2.78. The van der Waals surface area contributed by atoms with Crippen LogP contribution in [-0.2, 0) is 4.79 Å². The van der Waals surface area contributed by atoms with Gasteiger partial charge in [0, 0.05) is 5.57 Å². The monoisotopic (exact) mass is 179 g/mol. The van der Waals surface area contributed by atoms with Gasteiger partial charge in [-0.15, -0.1) is 0 Å². The summed E-state index contributed by atoms with van der Waals surface area (Å²) < 4.78 is 0. The Hall–Kier alpha value is -1.30. The average molecular weight is 179 g/mol. The van der Waals surface area contributed by atoms with Crippen molar-refractivity contribution in [1.82, 2.24) is 0 Å². The Morgan fingerprint density at radius 3 is 2.46 bits per heavy atom. The number of nitriles is 1. The smallest absolute Gasteiger partial charge is 0.307 e. The Labute approximate surface area is 77.7 Å². The van der Waals surface area contributed by atoms with Crippen LogP contribution in [0.3, 0.4) is 0 Å². The first kappa shape index (κ1) is 9.79. The van der Waals surface area contributed by atoms with Crippen LogP contribution >= 0.6 is 0 Å². The second-order valence-electron chi connectivity index (χ2n) is 4.12. The summed E-state index contributed by atoms with van der Waals surface area (Å²) in [7, 11) is 0. The topological polar surface area (TPSA) is 61.1 Å². The Morgan fingerprint density at radius 1 is 1.62 bits per heavy atom. The Bertz CT molecular complexity index is 309. The maximum atomic E-state index is 10.7. The van der Waals surface area contributed by atoms with Crippen LogP contribution in [0.5, 0.6) is 0 Å². The zero-order valence-electron chi connectivity index (χ0n) is 8.03. The van der Waals surface area contributed by atoms with E-state index in [1.165, 1.54) is 0 Å². The Kier molecular flexibility index (Phi) is 2.17. The molecule has 0 aromatic rings. The fraction of sp³-hybridized carbons (Fsp3) is 0.600. The molecule has 2 atom stereocenters. The summed E-state index contributed by atoms with van der Waals surface area (Å²) in [6.45, 7) is 5.53.